The van der Waals surface area contributed by atoms with Crippen LogP contribution in [0.4, 0.5) is 0 Å². The summed E-state index contributed by atoms with van der Waals surface area (Å²) in [5, 5.41) is 4.92. The van der Waals surface area contributed by atoms with Crippen LogP contribution in [0.3, 0.4) is 0 Å². The maximum Gasteiger partial charge on any atom is 0.138 e. The number of aryl methyl sites for hydroxylation is 1. The van der Waals surface area contributed by atoms with Crippen molar-refractivity contribution in [2.45, 2.75) is 13.5 Å². The van der Waals surface area contributed by atoms with Gasteiger partial charge in [-0.25, -0.2) is 4.68 Å². The molecular formula is C18H17ClN2O2. The highest BCUT2D eigenvalue weighted by molar-refractivity contribution is 6.32. The Balaban J connectivity index is 1.76. The first-order valence-electron chi connectivity index (χ1n) is 7.24. The van der Waals surface area contributed by atoms with Crippen molar-refractivity contribution < 1.29 is 9.47 Å². The molecular weight excluding hydrogens is 312 g/mol. The van der Waals surface area contributed by atoms with E-state index >= 15 is 0 Å². The van der Waals surface area contributed by atoms with Gasteiger partial charge in [0.15, 0.2) is 0 Å². The minimum atomic E-state index is 0.393. The van der Waals surface area contributed by atoms with E-state index in [9.17, 15) is 0 Å². The van der Waals surface area contributed by atoms with Gasteiger partial charge in [-0.2, -0.15) is 5.10 Å². The first-order valence-corrected chi connectivity index (χ1v) is 7.62. The molecule has 0 aliphatic carbocycles. The molecule has 1 aromatic heterocycles. The number of ether oxygens (including phenoxy) is 2. The number of benzene rings is 2. The Bertz CT molecular complexity index is 814. The lowest BCUT2D eigenvalue weighted by molar-refractivity contribution is 0.297. The number of halogens is 1. The largest absolute Gasteiger partial charge is 0.496 e. The second-order valence-corrected chi connectivity index (χ2v) is 5.52. The van der Waals surface area contributed by atoms with Crippen molar-refractivity contribution >= 4 is 11.6 Å². The highest BCUT2D eigenvalue weighted by Gasteiger charge is 2.08. The van der Waals surface area contributed by atoms with Crippen LogP contribution >= 0.6 is 11.6 Å². The number of para-hydroxylation sites is 1. The quantitative estimate of drug-likeness (QED) is 0.695. The molecule has 3 rings (SSSR count). The smallest absolute Gasteiger partial charge is 0.138 e. The molecule has 0 radical (unpaired) electrons. The van der Waals surface area contributed by atoms with E-state index in [1.54, 1.807) is 11.8 Å². The first-order chi connectivity index (χ1) is 11.2. The van der Waals surface area contributed by atoms with Gasteiger partial charge in [-0.1, -0.05) is 29.8 Å². The summed E-state index contributed by atoms with van der Waals surface area (Å²) in [4.78, 5) is 0. The van der Waals surface area contributed by atoms with Gasteiger partial charge in [-0.3, -0.25) is 0 Å². The lowest BCUT2D eigenvalue weighted by Gasteiger charge is -2.12. The SMILES string of the molecule is COc1ccccc1COc1ccc(-n2ccc(C)n2)cc1Cl. The molecule has 0 atom stereocenters. The Labute approximate surface area is 140 Å². The average Bonchev–Trinajstić information content (AvgIpc) is 3.00. The van der Waals surface area contributed by atoms with Crippen molar-refractivity contribution in [3.8, 4) is 17.2 Å². The average molecular weight is 329 g/mol. The third-order valence-corrected chi connectivity index (χ3v) is 3.77. The van der Waals surface area contributed by atoms with Crippen LogP contribution in [0.2, 0.25) is 5.02 Å². The van der Waals surface area contributed by atoms with Crippen LogP contribution in [-0.2, 0) is 6.61 Å². The van der Waals surface area contributed by atoms with E-state index in [2.05, 4.69) is 5.10 Å². The summed E-state index contributed by atoms with van der Waals surface area (Å²) in [5.74, 6) is 1.43. The highest BCUT2D eigenvalue weighted by Crippen LogP contribution is 2.28. The number of hydrogen-bond acceptors (Lipinski definition) is 3. The molecule has 0 bridgehead atoms. The fourth-order valence-corrected chi connectivity index (χ4v) is 2.52. The summed E-state index contributed by atoms with van der Waals surface area (Å²) in [6.45, 7) is 2.34. The maximum absolute atomic E-state index is 6.33. The molecule has 118 valence electrons. The van der Waals surface area contributed by atoms with Gasteiger partial charge >= 0.3 is 0 Å². The molecule has 0 saturated carbocycles. The topological polar surface area (TPSA) is 36.3 Å². The number of nitrogens with zero attached hydrogens (tertiary/aromatic N) is 2. The van der Waals surface area contributed by atoms with Crippen molar-refractivity contribution in [1.29, 1.82) is 0 Å². The normalized spacial score (nSPS) is 10.6. The summed E-state index contributed by atoms with van der Waals surface area (Å²) >= 11 is 6.33. The van der Waals surface area contributed by atoms with Crippen LogP contribution in [0, 0.1) is 6.92 Å². The summed E-state index contributed by atoms with van der Waals surface area (Å²) < 4.78 is 12.9. The zero-order chi connectivity index (χ0) is 16.2. The van der Waals surface area contributed by atoms with Gasteiger partial charge in [0, 0.05) is 11.8 Å². The second kappa shape index (κ2) is 6.75. The van der Waals surface area contributed by atoms with Crippen molar-refractivity contribution in [3.63, 3.8) is 0 Å². The molecule has 2 aromatic carbocycles. The summed E-state index contributed by atoms with van der Waals surface area (Å²) in [6, 6.07) is 15.3. The lowest BCUT2D eigenvalue weighted by atomic mass is 10.2. The summed E-state index contributed by atoms with van der Waals surface area (Å²) in [6.07, 6.45) is 1.90. The van der Waals surface area contributed by atoms with Gasteiger partial charge in [0.2, 0.25) is 0 Å². The highest BCUT2D eigenvalue weighted by atomic mass is 35.5. The molecule has 0 saturated heterocycles. The fraction of sp³-hybridized carbons (Fsp3) is 0.167. The Morgan fingerprint density at radius 1 is 1.09 bits per heavy atom. The molecule has 5 heteroatoms. The molecule has 0 amide bonds. The van der Waals surface area contributed by atoms with Crippen LogP contribution in [-0.4, -0.2) is 16.9 Å². The van der Waals surface area contributed by atoms with Crippen LogP contribution in [0.1, 0.15) is 11.3 Å². The van der Waals surface area contributed by atoms with Gasteiger partial charge in [0.25, 0.3) is 0 Å². The molecule has 0 N–H and O–H groups in total. The molecule has 0 fully saturated rings. The maximum atomic E-state index is 6.33. The van der Waals surface area contributed by atoms with Crippen molar-refractivity contribution in [2.24, 2.45) is 0 Å². The standard InChI is InChI=1S/C18H17ClN2O2/c1-13-9-10-21(20-13)15-7-8-18(16(19)11-15)23-12-14-5-3-4-6-17(14)22-2/h3-11H,12H2,1-2H3. The molecule has 0 unspecified atom stereocenters. The Morgan fingerprint density at radius 3 is 2.61 bits per heavy atom. The van der Waals surface area contributed by atoms with Gasteiger partial charge in [0.1, 0.15) is 18.1 Å². The summed E-state index contributed by atoms with van der Waals surface area (Å²) in [7, 11) is 1.65. The van der Waals surface area contributed by atoms with Crippen LogP contribution < -0.4 is 9.47 Å². The third kappa shape index (κ3) is 3.48. The fourth-order valence-electron chi connectivity index (χ4n) is 2.29. The van der Waals surface area contributed by atoms with E-state index in [4.69, 9.17) is 21.1 Å². The van der Waals surface area contributed by atoms with Gasteiger partial charge in [0.05, 0.1) is 23.5 Å². The van der Waals surface area contributed by atoms with Crippen molar-refractivity contribution in [1.82, 2.24) is 9.78 Å². The van der Waals surface area contributed by atoms with Gasteiger partial charge in [-0.15, -0.1) is 0 Å². The van der Waals surface area contributed by atoms with Gasteiger partial charge in [-0.05, 0) is 37.3 Å². The first kappa shape index (κ1) is 15.4. The van der Waals surface area contributed by atoms with Crippen LogP contribution in [0.25, 0.3) is 5.69 Å². The zero-order valence-corrected chi connectivity index (χ0v) is 13.7. The Kier molecular flexibility index (Phi) is 4.53. The number of hydrogen-bond donors (Lipinski definition) is 0. The predicted octanol–water partition coefficient (Wildman–Crippen LogP) is 4.42. The van der Waals surface area contributed by atoms with E-state index in [0.717, 1.165) is 22.7 Å². The minimum Gasteiger partial charge on any atom is -0.496 e. The molecule has 3 aromatic rings. The van der Waals surface area contributed by atoms with E-state index < -0.39 is 0 Å². The Morgan fingerprint density at radius 2 is 1.91 bits per heavy atom. The molecule has 0 spiro atoms. The molecule has 0 aliphatic heterocycles. The third-order valence-electron chi connectivity index (χ3n) is 3.48. The predicted molar refractivity (Wildman–Crippen MR) is 90.6 cm³/mol. The number of rotatable bonds is 5. The molecule has 23 heavy (non-hydrogen) atoms. The summed E-state index contributed by atoms with van der Waals surface area (Å²) in [5.41, 5.74) is 2.82. The van der Waals surface area contributed by atoms with E-state index in [1.165, 1.54) is 0 Å². The van der Waals surface area contributed by atoms with Gasteiger partial charge < -0.3 is 9.47 Å². The van der Waals surface area contributed by atoms with Crippen LogP contribution in [0.5, 0.6) is 11.5 Å². The minimum absolute atomic E-state index is 0.393. The van der Waals surface area contributed by atoms with Crippen LogP contribution in [0.15, 0.2) is 54.7 Å². The molecule has 0 aliphatic rings. The van der Waals surface area contributed by atoms with E-state index in [-0.39, 0.29) is 0 Å². The number of aromatic nitrogens is 2. The van der Waals surface area contributed by atoms with E-state index in [0.29, 0.717) is 17.4 Å². The monoisotopic (exact) mass is 328 g/mol. The van der Waals surface area contributed by atoms with E-state index in [1.807, 2.05) is 61.7 Å². The molecule has 1 heterocycles. The number of methoxy groups -OCH3 is 1. The zero-order valence-electron chi connectivity index (χ0n) is 13.0. The van der Waals surface area contributed by atoms with Crippen molar-refractivity contribution in [3.05, 3.63) is 71.0 Å². The molecule has 4 nitrogen and oxygen atoms in total. The second-order valence-electron chi connectivity index (χ2n) is 5.12. The lowest BCUT2D eigenvalue weighted by Crippen LogP contribution is -2.00. The Hall–Kier alpha value is -2.46. The van der Waals surface area contributed by atoms with Crippen molar-refractivity contribution in [2.75, 3.05) is 7.11 Å².